The van der Waals surface area contributed by atoms with Crippen molar-refractivity contribution in [3.05, 3.63) is 35.7 Å². The van der Waals surface area contributed by atoms with Crippen molar-refractivity contribution in [3.8, 4) is 0 Å². The largest absolute Gasteiger partial charge is 0.302 e. The molecule has 160 valence electrons. The second-order valence-electron chi connectivity index (χ2n) is 7.04. The summed E-state index contributed by atoms with van der Waals surface area (Å²) in [6.07, 6.45) is 2.32. The molecular formula is C18H19N3O5S4. The summed E-state index contributed by atoms with van der Waals surface area (Å²) in [6, 6.07) is 7.88. The number of piperidine rings is 1. The second kappa shape index (κ2) is 8.00. The Morgan fingerprint density at radius 1 is 1.23 bits per heavy atom. The minimum atomic E-state index is -3.60. The average molecular weight is 486 g/mol. The number of thiophene rings is 1. The standard InChI is InChI=1S/C18H19N3O5S4/c1-29(23,24)13-6-7-14-15(10-13)28-18(19-14)20-17(22)12-4-2-8-21(11-12)30(25,26)16-5-3-9-27-16/h3,5-7,9-10,12H,2,4,8,11H2,1H3,(H,19,20,22). The molecule has 1 fully saturated rings. The zero-order chi connectivity index (χ0) is 21.5. The lowest BCUT2D eigenvalue weighted by Gasteiger charge is -2.30. The smallest absolute Gasteiger partial charge is 0.252 e. The van der Waals surface area contributed by atoms with E-state index in [4.69, 9.17) is 0 Å². The Bertz CT molecular complexity index is 1300. The number of sulfone groups is 1. The van der Waals surface area contributed by atoms with Crippen LogP contribution in [0.3, 0.4) is 0 Å². The number of hydrogen-bond donors (Lipinski definition) is 1. The van der Waals surface area contributed by atoms with Crippen molar-refractivity contribution in [3.63, 3.8) is 0 Å². The monoisotopic (exact) mass is 485 g/mol. The SMILES string of the molecule is CS(=O)(=O)c1ccc2nc(NC(=O)C3CCCN(S(=O)(=O)c4cccs4)C3)sc2c1. The number of benzene rings is 1. The Kier molecular flexibility index (Phi) is 5.70. The predicted molar refractivity (Wildman–Crippen MR) is 117 cm³/mol. The molecule has 8 nitrogen and oxygen atoms in total. The van der Waals surface area contributed by atoms with Gasteiger partial charge in [-0.25, -0.2) is 21.8 Å². The number of nitrogens with one attached hydrogen (secondary N) is 1. The Morgan fingerprint density at radius 2 is 2.03 bits per heavy atom. The van der Waals surface area contributed by atoms with Crippen molar-refractivity contribution in [2.24, 2.45) is 5.92 Å². The molecule has 1 aliphatic rings. The van der Waals surface area contributed by atoms with Crippen LogP contribution in [-0.2, 0) is 24.7 Å². The van der Waals surface area contributed by atoms with Gasteiger partial charge < -0.3 is 5.32 Å². The summed E-state index contributed by atoms with van der Waals surface area (Å²) in [4.78, 5) is 17.3. The lowest BCUT2D eigenvalue weighted by molar-refractivity contribution is -0.120. The summed E-state index contributed by atoms with van der Waals surface area (Å²) in [6.45, 7) is 0.509. The van der Waals surface area contributed by atoms with Crippen molar-refractivity contribution >= 4 is 63.8 Å². The highest BCUT2D eigenvalue weighted by molar-refractivity contribution is 7.91. The molecule has 1 unspecified atom stereocenters. The molecule has 1 N–H and O–H groups in total. The van der Waals surface area contributed by atoms with Crippen LogP contribution >= 0.6 is 22.7 Å². The van der Waals surface area contributed by atoms with Crippen molar-refractivity contribution in [1.29, 1.82) is 0 Å². The van der Waals surface area contributed by atoms with Gasteiger partial charge >= 0.3 is 0 Å². The molecule has 0 spiro atoms. The van der Waals surface area contributed by atoms with E-state index >= 15 is 0 Å². The first kappa shape index (κ1) is 21.4. The van der Waals surface area contributed by atoms with E-state index in [1.165, 1.54) is 27.8 Å². The summed E-state index contributed by atoms with van der Waals surface area (Å²) >= 11 is 2.35. The lowest BCUT2D eigenvalue weighted by atomic mass is 9.99. The number of fused-ring (bicyclic) bond motifs is 1. The number of carbonyl (C=O) groups is 1. The van der Waals surface area contributed by atoms with Crippen molar-refractivity contribution < 1.29 is 21.6 Å². The summed E-state index contributed by atoms with van der Waals surface area (Å²) in [5.41, 5.74) is 0.591. The van der Waals surface area contributed by atoms with E-state index in [9.17, 15) is 21.6 Å². The van der Waals surface area contributed by atoms with Gasteiger partial charge in [-0.1, -0.05) is 17.4 Å². The van der Waals surface area contributed by atoms with Gasteiger partial charge in [0.25, 0.3) is 10.0 Å². The summed E-state index contributed by atoms with van der Waals surface area (Å²) < 4.78 is 51.2. The summed E-state index contributed by atoms with van der Waals surface area (Å²) in [5.74, 6) is -0.768. The van der Waals surface area contributed by atoms with E-state index in [-0.39, 0.29) is 21.6 Å². The van der Waals surface area contributed by atoms with Gasteiger partial charge in [0.2, 0.25) is 5.91 Å². The van der Waals surface area contributed by atoms with Crippen LogP contribution in [0.25, 0.3) is 10.2 Å². The normalized spacial score (nSPS) is 18.5. The van der Waals surface area contributed by atoms with Crippen LogP contribution in [0.15, 0.2) is 44.8 Å². The van der Waals surface area contributed by atoms with Gasteiger partial charge in [-0.3, -0.25) is 4.79 Å². The molecule has 3 heterocycles. The Morgan fingerprint density at radius 3 is 2.73 bits per heavy atom. The van der Waals surface area contributed by atoms with Crippen LogP contribution in [0.2, 0.25) is 0 Å². The van der Waals surface area contributed by atoms with Crippen LogP contribution in [0.4, 0.5) is 5.13 Å². The highest BCUT2D eigenvalue weighted by Crippen LogP contribution is 2.30. The Balaban J connectivity index is 1.49. The van der Waals surface area contributed by atoms with Gasteiger partial charge in [0, 0.05) is 19.3 Å². The number of carbonyl (C=O) groups excluding carboxylic acids is 1. The molecule has 1 atom stereocenters. The first-order valence-electron chi connectivity index (χ1n) is 9.10. The third-order valence-corrected chi connectivity index (χ3v) is 10.1. The molecule has 0 aliphatic carbocycles. The molecule has 2 aromatic heterocycles. The van der Waals surface area contributed by atoms with Crippen LogP contribution in [0.1, 0.15) is 12.8 Å². The van der Waals surface area contributed by atoms with Crippen LogP contribution in [0.5, 0.6) is 0 Å². The number of aromatic nitrogens is 1. The fourth-order valence-corrected chi connectivity index (χ4v) is 7.61. The van der Waals surface area contributed by atoms with E-state index in [0.29, 0.717) is 34.7 Å². The number of rotatable bonds is 5. The van der Waals surface area contributed by atoms with Gasteiger partial charge in [-0.15, -0.1) is 11.3 Å². The van der Waals surface area contributed by atoms with Crippen LogP contribution in [0, 0.1) is 5.92 Å². The van der Waals surface area contributed by atoms with Gasteiger partial charge in [0.1, 0.15) is 4.21 Å². The first-order valence-corrected chi connectivity index (χ1v) is 14.1. The average Bonchev–Trinajstić information content (AvgIpc) is 3.36. The fraction of sp³-hybridized carbons (Fsp3) is 0.333. The zero-order valence-electron chi connectivity index (χ0n) is 15.9. The third-order valence-electron chi connectivity index (χ3n) is 4.86. The predicted octanol–water partition coefficient (Wildman–Crippen LogP) is 2.80. The zero-order valence-corrected chi connectivity index (χ0v) is 19.2. The molecule has 1 saturated heterocycles. The van der Waals surface area contributed by atoms with Gasteiger partial charge in [0.05, 0.1) is 21.0 Å². The van der Waals surface area contributed by atoms with E-state index in [1.54, 1.807) is 23.6 Å². The van der Waals surface area contributed by atoms with Crippen LogP contribution in [-0.4, -0.2) is 51.4 Å². The molecule has 1 aromatic carbocycles. The minimum Gasteiger partial charge on any atom is -0.302 e. The quantitative estimate of drug-likeness (QED) is 0.594. The molecule has 4 rings (SSSR count). The molecule has 1 amide bonds. The minimum absolute atomic E-state index is 0.120. The molecule has 3 aromatic rings. The number of anilines is 1. The van der Waals surface area contributed by atoms with E-state index in [1.807, 2.05) is 0 Å². The molecular weight excluding hydrogens is 466 g/mol. The van der Waals surface area contributed by atoms with Crippen molar-refractivity contribution in [2.75, 3.05) is 24.7 Å². The molecule has 1 aliphatic heterocycles. The Hall–Kier alpha value is -1.86. The molecule has 0 saturated carbocycles. The van der Waals surface area contributed by atoms with E-state index < -0.39 is 25.8 Å². The summed E-state index contributed by atoms with van der Waals surface area (Å²) in [7, 11) is -6.93. The van der Waals surface area contributed by atoms with Crippen molar-refractivity contribution in [1.82, 2.24) is 9.29 Å². The molecule has 0 bridgehead atoms. The molecule has 0 radical (unpaired) electrons. The molecule has 30 heavy (non-hydrogen) atoms. The van der Waals surface area contributed by atoms with Gasteiger partial charge in [-0.2, -0.15) is 4.31 Å². The maximum Gasteiger partial charge on any atom is 0.252 e. The summed E-state index contributed by atoms with van der Waals surface area (Å²) in [5, 5.41) is 4.84. The third kappa shape index (κ3) is 4.28. The highest BCUT2D eigenvalue weighted by Gasteiger charge is 2.34. The molecule has 12 heteroatoms. The lowest BCUT2D eigenvalue weighted by Crippen LogP contribution is -2.43. The van der Waals surface area contributed by atoms with Crippen LogP contribution < -0.4 is 5.32 Å². The number of amides is 1. The fourth-order valence-electron chi connectivity index (χ4n) is 3.31. The topological polar surface area (TPSA) is 114 Å². The van der Waals surface area contributed by atoms with Gasteiger partial charge in [-0.05, 0) is 42.5 Å². The van der Waals surface area contributed by atoms with E-state index in [2.05, 4.69) is 10.3 Å². The maximum atomic E-state index is 12.8. The van der Waals surface area contributed by atoms with Crippen molar-refractivity contribution in [2.45, 2.75) is 21.9 Å². The highest BCUT2D eigenvalue weighted by atomic mass is 32.2. The number of sulfonamides is 1. The number of nitrogens with zero attached hydrogens (tertiary/aromatic N) is 2. The Labute approximate surface area is 182 Å². The number of thiazole rings is 1. The second-order valence-corrected chi connectivity index (χ2v) is 13.2. The maximum absolute atomic E-state index is 12.8. The van der Waals surface area contributed by atoms with Gasteiger partial charge in [0.15, 0.2) is 15.0 Å². The van der Waals surface area contributed by atoms with E-state index in [0.717, 1.165) is 17.6 Å². The first-order chi connectivity index (χ1) is 14.1. The number of hydrogen-bond acceptors (Lipinski definition) is 8.